The van der Waals surface area contributed by atoms with E-state index >= 15 is 0 Å². The number of rotatable bonds is 5. The summed E-state index contributed by atoms with van der Waals surface area (Å²) in [5.41, 5.74) is 0.549. The van der Waals surface area contributed by atoms with E-state index in [9.17, 15) is 9.59 Å². The molecule has 1 aromatic heterocycles. The molecule has 0 aliphatic heterocycles. The van der Waals surface area contributed by atoms with Gasteiger partial charge in [0.25, 0.3) is 5.56 Å². The SMILES string of the molecule is CC(CNC(=O)Cn1ncc(Cl)c(Cl)c1=O)c1ccccc1. The molecule has 0 aliphatic carbocycles. The monoisotopic (exact) mass is 339 g/mol. The largest absolute Gasteiger partial charge is 0.354 e. The summed E-state index contributed by atoms with van der Waals surface area (Å²) >= 11 is 11.4. The Kier molecular flexibility index (Phi) is 5.57. The van der Waals surface area contributed by atoms with Gasteiger partial charge in [-0.1, -0.05) is 60.5 Å². The number of carbonyl (C=O) groups is 1. The van der Waals surface area contributed by atoms with Gasteiger partial charge in [-0.15, -0.1) is 0 Å². The number of benzene rings is 1. The number of halogens is 2. The summed E-state index contributed by atoms with van der Waals surface area (Å²) in [6, 6.07) is 9.85. The molecule has 1 amide bonds. The molecule has 5 nitrogen and oxygen atoms in total. The Bertz CT molecular complexity index is 716. The molecule has 7 heteroatoms. The van der Waals surface area contributed by atoms with Crippen LogP contribution >= 0.6 is 23.2 Å². The first-order valence-electron chi connectivity index (χ1n) is 6.71. The Morgan fingerprint density at radius 1 is 1.32 bits per heavy atom. The second kappa shape index (κ2) is 7.42. The Balaban J connectivity index is 1.94. The number of carbonyl (C=O) groups excluding carboxylic acids is 1. The van der Waals surface area contributed by atoms with E-state index in [-0.39, 0.29) is 28.4 Å². The topological polar surface area (TPSA) is 64.0 Å². The average Bonchev–Trinajstić information content (AvgIpc) is 2.54. The third-order valence-corrected chi connectivity index (χ3v) is 3.96. The van der Waals surface area contributed by atoms with Gasteiger partial charge in [-0.3, -0.25) is 9.59 Å². The van der Waals surface area contributed by atoms with Crippen LogP contribution in [-0.4, -0.2) is 22.2 Å². The molecule has 0 saturated heterocycles. The van der Waals surface area contributed by atoms with E-state index in [0.29, 0.717) is 6.54 Å². The van der Waals surface area contributed by atoms with Crippen molar-refractivity contribution >= 4 is 29.1 Å². The summed E-state index contributed by atoms with van der Waals surface area (Å²) in [6.07, 6.45) is 1.24. The van der Waals surface area contributed by atoms with Crippen molar-refractivity contribution in [3.05, 3.63) is 62.5 Å². The fraction of sp³-hybridized carbons (Fsp3) is 0.267. The molecule has 1 heterocycles. The highest BCUT2D eigenvalue weighted by Crippen LogP contribution is 2.14. The summed E-state index contributed by atoms with van der Waals surface area (Å²) in [5, 5.41) is 6.50. The summed E-state index contributed by atoms with van der Waals surface area (Å²) in [7, 11) is 0. The van der Waals surface area contributed by atoms with Crippen LogP contribution in [0.2, 0.25) is 10.0 Å². The molecular weight excluding hydrogens is 325 g/mol. The van der Waals surface area contributed by atoms with Crippen LogP contribution in [0.1, 0.15) is 18.4 Å². The van der Waals surface area contributed by atoms with Crippen molar-refractivity contribution in [1.82, 2.24) is 15.1 Å². The third kappa shape index (κ3) is 4.08. The summed E-state index contributed by atoms with van der Waals surface area (Å²) in [6.45, 7) is 2.29. The lowest BCUT2D eigenvalue weighted by Crippen LogP contribution is -2.35. The van der Waals surface area contributed by atoms with Crippen LogP contribution in [-0.2, 0) is 11.3 Å². The number of hydrogen-bond acceptors (Lipinski definition) is 3. The van der Waals surface area contributed by atoms with Crippen molar-refractivity contribution < 1.29 is 4.79 Å². The molecule has 1 aromatic carbocycles. The Hall–Kier alpha value is -1.85. The van der Waals surface area contributed by atoms with Crippen molar-refractivity contribution in [2.75, 3.05) is 6.54 Å². The lowest BCUT2D eigenvalue weighted by atomic mass is 10.0. The number of hydrogen-bond donors (Lipinski definition) is 1. The molecule has 0 radical (unpaired) electrons. The van der Waals surface area contributed by atoms with E-state index < -0.39 is 5.56 Å². The van der Waals surface area contributed by atoms with Gasteiger partial charge in [0, 0.05) is 6.54 Å². The van der Waals surface area contributed by atoms with Crippen LogP contribution in [0.15, 0.2) is 41.3 Å². The van der Waals surface area contributed by atoms with Gasteiger partial charge in [0.2, 0.25) is 5.91 Å². The molecule has 22 heavy (non-hydrogen) atoms. The normalized spacial score (nSPS) is 12.0. The van der Waals surface area contributed by atoms with E-state index in [2.05, 4.69) is 10.4 Å². The van der Waals surface area contributed by atoms with Crippen LogP contribution in [0, 0.1) is 0 Å². The smallest absolute Gasteiger partial charge is 0.287 e. The minimum Gasteiger partial charge on any atom is -0.354 e. The maximum Gasteiger partial charge on any atom is 0.287 e. The number of nitrogens with one attached hydrogen (secondary N) is 1. The molecule has 0 bridgehead atoms. The van der Waals surface area contributed by atoms with Gasteiger partial charge in [-0.05, 0) is 11.5 Å². The standard InChI is InChI=1S/C15H15Cl2N3O2/c1-10(11-5-3-2-4-6-11)7-18-13(21)9-20-15(22)14(17)12(16)8-19-20/h2-6,8,10H,7,9H2,1H3,(H,18,21). The fourth-order valence-electron chi connectivity index (χ4n) is 1.92. The van der Waals surface area contributed by atoms with Gasteiger partial charge in [0.1, 0.15) is 11.6 Å². The van der Waals surface area contributed by atoms with Crippen molar-refractivity contribution in [3.63, 3.8) is 0 Å². The minimum atomic E-state index is -0.583. The molecule has 2 aromatic rings. The zero-order valence-electron chi connectivity index (χ0n) is 11.9. The van der Waals surface area contributed by atoms with Crippen molar-refractivity contribution in [2.24, 2.45) is 0 Å². The third-order valence-electron chi connectivity index (χ3n) is 3.21. The maximum atomic E-state index is 11.9. The van der Waals surface area contributed by atoms with Gasteiger partial charge in [-0.25, -0.2) is 4.68 Å². The molecule has 0 fully saturated rings. The first-order chi connectivity index (χ1) is 10.5. The Morgan fingerprint density at radius 2 is 2.00 bits per heavy atom. The van der Waals surface area contributed by atoms with Crippen LogP contribution < -0.4 is 10.9 Å². The maximum absolute atomic E-state index is 11.9. The summed E-state index contributed by atoms with van der Waals surface area (Å²) in [4.78, 5) is 23.7. The van der Waals surface area contributed by atoms with E-state index in [0.717, 1.165) is 10.2 Å². The molecule has 1 unspecified atom stereocenters. The predicted octanol–water partition coefficient (Wildman–Crippen LogP) is 2.47. The van der Waals surface area contributed by atoms with E-state index in [1.165, 1.54) is 6.20 Å². The lowest BCUT2D eigenvalue weighted by Gasteiger charge is -2.13. The molecule has 1 N–H and O–H groups in total. The first kappa shape index (κ1) is 16.5. The lowest BCUT2D eigenvalue weighted by molar-refractivity contribution is -0.121. The molecule has 0 spiro atoms. The number of nitrogens with zero attached hydrogens (tertiary/aromatic N) is 2. The van der Waals surface area contributed by atoms with E-state index in [1.54, 1.807) is 0 Å². The van der Waals surface area contributed by atoms with Crippen molar-refractivity contribution in [3.8, 4) is 0 Å². The van der Waals surface area contributed by atoms with Gasteiger partial charge in [-0.2, -0.15) is 5.10 Å². The van der Waals surface area contributed by atoms with Crippen LogP contribution in [0.5, 0.6) is 0 Å². The Labute approximate surface area is 137 Å². The molecule has 0 aliphatic rings. The first-order valence-corrected chi connectivity index (χ1v) is 7.47. The van der Waals surface area contributed by atoms with E-state index in [4.69, 9.17) is 23.2 Å². The molecule has 0 saturated carbocycles. The van der Waals surface area contributed by atoms with Crippen molar-refractivity contribution in [2.45, 2.75) is 19.4 Å². The van der Waals surface area contributed by atoms with Crippen LogP contribution in [0.4, 0.5) is 0 Å². The van der Waals surface area contributed by atoms with Gasteiger partial charge >= 0.3 is 0 Å². The zero-order chi connectivity index (χ0) is 16.1. The second-order valence-electron chi connectivity index (χ2n) is 4.89. The van der Waals surface area contributed by atoms with Crippen LogP contribution in [0.25, 0.3) is 0 Å². The molecule has 116 valence electrons. The zero-order valence-corrected chi connectivity index (χ0v) is 13.4. The highest BCUT2D eigenvalue weighted by atomic mass is 35.5. The van der Waals surface area contributed by atoms with Crippen LogP contribution in [0.3, 0.4) is 0 Å². The summed E-state index contributed by atoms with van der Waals surface area (Å²) in [5.74, 6) is -0.139. The minimum absolute atomic E-state index is 0.0704. The fourth-order valence-corrected chi connectivity index (χ4v) is 2.19. The Morgan fingerprint density at radius 3 is 2.68 bits per heavy atom. The van der Waals surface area contributed by atoms with Gasteiger partial charge in [0.05, 0.1) is 11.2 Å². The van der Waals surface area contributed by atoms with Crippen molar-refractivity contribution in [1.29, 1.82) is 0 Å². The average molecular weight is 340 g/mol. The highest BCUT2D eigenvalue weighted by Gasteiger charge is 2.12. The predicted molar refractivity (Wildman–Crippen MR) is 86.4 cm³/mol. The second-order valence-corrected chi connectivity index (χ2v) is 5.67. The highest BCUT2D eigenvalue weighted by molar-refractivity contribution is 6.41. The molecule has 1 atom stereocenters. The number of amides is 1. The summed E-state index contributed by atoms with van der Waals surface area (Å²) < 4.78 is 0.983. The van der Waals surface area contributed by atoms with Gasteiger partial charge < -0.3 is 5.32 Å². The van der Waals surface area contributed by atoms with Gasteiger partial charge in [0.15, 0.2) is 0 Å². The molecular formula is C15H15Cl2N3O2. The molecule has 2 rings (SSSR count). The van der Waals surface area contributed by atoms with E-state index in [1.807, 2.05) is 37.3 Å². The quantitative estimate of drug-likeness (QED) is 0.909. The number of aromatic nitrogens is 2.